The molecule has 56 valence electrons. The second kappa shape index (κ2) is 4.09. The van der Waals surface area contributed by atoms with Crippen LogP contribution in [0.3, 0.4) is 0 Å². The Morgan fingerprint density at radius 3 is 2.73 bits per heavy atom. The van der Waals surface area contributed by atoms with Crippen LogP contribution in [0.25, 0.3) is 0 Å². The zero-order chi connectivity index (χ0) is 7.94. The molecular formula is C4H5N7. The molecule has 0 saturated heterocycles. The third-order valence-corrected chi connectivity index (χ3v) is 0.774. The fourth-order valence-electron chi connectivity index (χ4n) is 0.411. The summed E-state index contributed by atoms with van der Waals surface area (Å²) in [6.07, 6.45) is 2.64. The molecule has 0 bridgehead atoms. The second-order valence-corrected chi connectivity index (χ2v) is 1.48. The average Bonchev–Trinajstić information content (AvgIpc) is 2.07. The Morgan fingerprint density at radius 2 is 2.09 bits per heavy atom. The summed E-state index contributed by atoms with van der Waals surface area (Å²) in [6.45, 7) is 0.00564. The molecule has 0 unspecified atom stereocenters. The summed E-state index contributed by atoms with van der Waals surface area (Å²) in [4.78, 5) is 10.9. The SMILES string of the molecule is N=NCN=Nc1ncncn1. The molecule has 0 saturated carbocycles. The van der Waals surface area contributed by atoms with Gasteiger partial charge in [0, 0.05) is 0 Å². The van der Waals surface area contributed by atoms with E-state index in [2.05, 4.69) is 30.3 Å². The number of nitrogens with zero attached hydrogens (tertiary/aromatic N) is 6. The van der Waals surface area contributed by atoms with Crippen molar-refractivity contribution in [2.75, 3.05) is 6.67 Å². The minimum Gasteiger partial charge on any atom is -0.225 e. The van der Waals surface area contributed by atoms with Crippen molar-refractivity contribution in [3.63, 3.8) is 0 Å². The van der Waals surface area contributed by atoms with Crippen molar-refractivity contribution in [1.82, 2.24) is 15.0 Å². The molecule has 0 spiro atoms. The van der Waals surface area contributed by atoms with Gasteiger partial charge in [0.25, 0.3) is 5.95 Å². The summed E-state index contributed by atoms with van der Waals surface area (Å²) < 4.78 is 0. The molecule has 1 heterocycles. The summed E-state index contributed by atoms with van der Waals surface area (Å²) in [7, 11) is 0. The van der Waals surface area contributed by atoms with E-state index in [1.165, 1.54) is 12.7 Å². The van der Waals surface area contributed by atoms with Gasteiger partial charge >= 0.3 is 0 Å². The summed E-state index contributed by atoms with van der Waals surface area (Å²) in [5.41, 5.74) is 6.39. The highest BCUT2D eigenvalue weighted by Crippen LogP contribution is 1.97. The van der Waals surface area contributed by atoms with Crippen LogP contribution in [0.4, 0.5) is 5.95 Å². The highest BCUT2D eigenvalue weighted by molar-refractivity contribution is 5.06. The lowest BCUT2D eigenvalue weighted by Gasteiger charge is -1.84. The van der Waals surface area contributed by atoms with E-state index in [9.17, 15) is 0 Å². The fraction of sp³-hybridized carbons (Fsp3) is 0.250. The van der Waals surface area contributed by atoms with Gasteiger partial charge in [-0.1, -0.05) is 0 Å². The highest BCUT2D eigenvalue weighted by atomic mass is 15.2. The van der Waals surface area contributed by atoms with Crippen molar-refractivity contribution < 1.29 is 0 Å². The summed E-state index contributed by atoms with van der Waals surface area (Å²) >= 11 is 0. The average molecular weight is 151 g/mol. The Bertz CT molecular complexity index is 242. The van der Waals surface area contributed by atoms with Crippen LogP contribution in [0.1, 0.15) is 0 Å². The number of nitrogens with one attached hydrogen (secondary N) is 1. The zero-order valence-corrected chi connectivity index (χ0v) is 5.55. The molecule has 0 aliphatic rings. The van der Waals surface area contributed by atoms with E-state index in [1.807, 2.05) is 0 Å². The summed E-state index contributed by atoms with van der Waals surface area (Å²) in [5.74, 6) is 0.226. The molecule has 0 radical (unpaired) electrons. The Balaban J connectivity index is 2.57. The van der Waals surface area contributed by atoms with Crippen molar-refractivity contribution in [1.29, 1.82) is 5.53 Å². The van der Waals surface area contributed by atoms with Gasteiger partial charge in [-0.05, 0) is 0 Å². The van der Waals surface area contributed by atoms with Crippen LogP contribution in [0.15, 0.2) is 28.0 Å². The van der Waals surface area contributed by atoms with Crippen LogP contribution in [0.2, 0.25) is 0 Å². The molecule has 0 amide bonds. The Labute approximate surface area is 62.1 Å². The molecule has 0 fully saturated rings. The second-order valence-electron chi connectivity index (χ2n) is 1.48. The van der Waals surface area contributed by atoms with Gasteiger partial charge in [0.1, 0.15) is 12.7 Å². The maximum Gasteiger partial charge on any atom is 0.271 e. The summed E-state index contributed by atoms with van der Waals surface area (Å²) in [6, 6.07) is 0. The van der Waals surface area contributed by atoms with Gasteiger partial charge in [0.15, 0.2) is 6.67 Å². The third kappa shape index (κ3) is 2.52. The fourth-order valence-corrected chi connectivity index (χ4v) is 0.411. The summed E-state index contributed by atoms with van der Waals surface area (Å²) in [5, 5.41) is 9.99. The molecule has 1 N–H and O–H groups in total. The van der Waals surface area contributed by atoms with Crippen molar-refractivity contribution >= 4 is 5.95 Å². The van der Waals surface area contributed by atoms with Crippen LogP contribution in [0, 0.1) is 5.53 Å². The van der Waals surface area contributed by atoms with Gasteiger partial charge in [0.05, 0.1) is 0 Å². The molecule has 7 heteroatoms. The Morgan fingerprint density at radius 1 is 1.36 bits per heavy atom. The standard InChI is InChI=1S/C4H5N7/c5-9-3-10-11-4-7-1-6-2-8-4/h1-2,5H,3H2. The molecule has 0 aromatic carbocycles. The number of hydrogen-bond acceptors (Lipinski definition) is 7. The van der Waals surface area contributed by atoms with Crippen molar-refractivity contribution in [2.45, 2.75) is 0 Å². The lowest BCUT2D eigenvalue weighted by atomic mass is 11.0. The molecule has 7 nitrogen and oxygen atoms in total. The Hall–Kier alpha value is -1.79. The van der Waals surface area contributed by atoms with Gasteiger partial charge in [-0.3, -0.25) is 0 Å². The van der Waals surface area contributed by atoms with Gasteiger partial charge in [0.2, 0.25) is 0 Å². The minimum absolute atomic E-state index is 0.00564. The van der Waals surface area contributed by atoms with Crippen LogP contribution in [-0.2, 0) is 0 Å². The number of hydrogen-bond donors (Lipinski definition) is 1. The van der Waals surface area contributed by atoms with Crippen LogP contribution in [0.5, 0.6) is 0 Å². The molecule has 0 aliphatic heterocycles. The van der Waals surface area contributed by atoms with Crippen molar-refractivity contribution in [2.24, 2.45) is 15.3 Å². The molecule has 1 aromatic rings. The largest absolute Gasteiger partial charge is 0.271 e. The van der Waals surface area contributed by atoms with E-state index in [-0.39, 0.29) is 12.6 Å². The van der Waals surface area contributed by atoms with Crippen LogP contribution in [-0.4, -0.2) is 21.6 Å². The molecule has 11 heavy (non-hydrogen) atoms. The van der Waals surface area contributed by atoms with E-state index < -0.39 is 0 Å². The maximum absolute atomic E-state index is 6.39. The molecule has 0 aliphatic carbocycles. The minimum atomic E-state index is 0.00564. The monoisotopic (exact) mass is 151 g/mol. The lowest BCUT2D eigenvalue weighted by molar-refractivity contribution is 0.852. The van der Waals surface area contributed by atoms with Gasteiger partial charge in [-0.15, -0.1) is 5.11 Å². The quantitative estimate of drug-likeness (QED) is 0.650. The predicted molar refractivity (Wildman–Crippen MR) is 34.4 cm³/mol. The molecule has 0 atom stereocenters. The highest BCUT2D eigenvalue weighted by Gasteiger charge is 1.86. The van der Waals surface area contributed by atoms with Crippen molar-refractivity contribution in [3.8, 4) is 0 Å². The van der Waals surface area contributed by atoms with E-state index in [1.54, 1.807) is 0 Å². The van der Waals surface area contributed by atoms with Gasteiger partial charge in [-0.25, -0.2) is 10.5 Å². The first kappa shape index (κ1) is 7.32. The van der Waals surface area contributed by atoms with E-state index in [4.69, 9.17) is 5.53 Å². The van der Waals surface area contributed by atoms with Gasteiger partial charge in [-0.2, -0.15) is 20.2 Å². The normalized spacial score (nSPS) is 10.2. The first-order valence-corrected chi connectivity index (χ1v) is 2.76. The van der Waals surface area contributed by atoms with E-state index >= 15 is 0 Å². The predicted octanol–water partition coefficient (Wildman–Crippen LogP) is 0.944. The third-order valence-electron chi connectivity index (χ3n) is 0.774. The molecule has 1 aromatic heterocycles. The Kier molecular flexibility index (Phi) is 2.72. The van der Waals surface area contributed by atoms with Crippen molar-refractivity contribution in [3.05, 3.63) is 12.7 Å². The zero-order valence-electron chi connectivity index (χ0n) is 5.55. The number of aromatic nitrogens is 3. The van der Waals surface area contributed by atoms with E-state index in [0.717, 1.165) is 0 Å². The molecule has 1 rings (SSSR count). The number of rotatable bonds is 3. The first-order valence-electron chi connectivity index (χ1n) is 2.76. The van der Waals surface area contributed by atoms with Crippen LogP contribution >= 0.6 is 0 Å². The first-order chi connectivity index (χ1) is 5.43. The van der Waals surface area contributed by atoms with Crippen LogP contribution < -0.4 is 0 Å². The topological polar surface area (TPSA) is 99.6 Å². The molecular weight excluding hydrogens is 146 g/mol. The number of azo groups is 1. The van der Waals surface area contributed by atoms with E-state index in [0.29, 0.717) is 0 Å². The van der Waals surface area contributed by atoms with Gasteiger partial charge < -0.3 is 0 Å². The smallest absolute Gasteiger partial charge is 0.225 e. The lowest BCUT2D eigenvalue weighted by Crippen LogP contribution is -1.80. The maximum atomic E-state index is 6.39.